The lowest BCUT2D eigenvalue weighted by Crippen LogP contribution is -2.27. The molecular formula is C18H11ClFNO4S2. The van der Waals surface area contributed by atoms with Crippen molar-refractivity contribution >= 4 is 63.5 Å². The number of thiocarbonyl (C=S) groups is 1. The average Bonchev–Trinajstić information content (AvgIpc) is 2.90. The van der Waals surface area contributed by atoms with Gasteiger partial charge in [-0.2, -0.15) is 0 Å². The maximum absolute atomic E-state index is 13.3. The number of hydrogen-bond donors (Lipinski definition) is 1. The van der Waals surface area contributed by atoms with Crippen LogP contribution in [0.1, 0.15) is 5.56 Å². The molecule has 1 N–H and O–H groups in total. The number of hydrogen-bond acceptors (Lipinski definition) is 5. The Bertz CT molecular complexity index is 962. The lowest BCUT2D eigenvalue weighted by atomic mass is 10.2. The quantitative estimate of drug-likeness (QED) is 0.569. The molecule has 2 aromatic carbocycles. The maximum atomic E-state index is 13.3. The molecule has 0 bridgehead atoms. The van der Waals surface area contributed by atoms with Crippen molar-refractivity contribution in [1.29, 1.82) is 0 Å². The van der Waals surface area contributed by atoms with Crippen LogP contribution in [0.3, 0.4) is 0 Å². The van der Waals surface area contributed by atoms with Crippen LogP contribution < -0.4 is 9.64 Å². The monoisotopic (exact) mass is 423 g/mol. The molecule has 1 saturated heterocycles. The molecule has 1 amide bonds. The summed E-state index contributed by atoms with van der Waals surface area (Å²) in [5.41, 5.74) is 1.11. The van der Waals surface area contributed by atoms with Gasteiger partial charge in [0.1, 0.15) is 11.6 Å². The van der Waals surface area contributed by atoms with Crippen molar-refractivity contribution in [3.8, 4) is 5.75 Å². The zero-order valence-electron chi connectivity index (χ0n) is 13.5. The third kappa shape index (κ3) is 4.47. The van der Waals surface area contributed by atoms with E-state index in [-0.39, 0.29) is 10.9 Å². The second-order valence-electron chi connectivity index (χ2n) is 5.37. The highest BCUT2D eigenvalue weighted by atomic mass is 35.5. The number of carboxylic acids is 1. The summed E-state index contributed by atoms with van der Waals surface area (Å²) in [5, 5.41) is 8.51. The van der Waals surface area contributed by atoms with Gasteiger partial charge in [0, 0.05) is 0 Å². The summed E-state index contributed by atoms with van der Waals surface area (Å²) in [4.78, 5) is 24.9. The fourth-order valence-electron chi connectivity index (χ4n) is 2.27. The second kappa shape index (κ2) is 8.08. The van der Waals surface area contributed by atoms with E-state index in [9.17, 15) is 14.0 Å². The van der Waals surface area contributed by atoms with Crippen molar-refractivity contribution in [1.82, 2.24) is 0 Å². The lowest BCUT2D eigenvalue weighted by Gasteiger charge is -2.14. The lowest BCUT2D eigenvalue weighted by molar-refractivity contribution is -0.139. The Balaban J connectivity index is 1.79. The highest BCUT2D eigenvalue weighted by molar-refractivity contribution is 8.27. The summed E-state index contributed by atoms with van der Waals surface area (Å²) in [6.45, 7) is -0.432. The fourth-order valence-corrected chi connectivity index (χ4v) is 3.74. The van der Waals surface area contributed by atoms with Gasteiger partial charge in [0.05, 0.1) is 15.6 Å². The van der Waals surface area contributed by atoms with Crippen LogP contribution in [0.2, 0.25) is 5.02 Å². The molecule has 1 aliphatic heterocycles. The number of ether oxygens (including phenoxy) is 1. The first kappa shape index (κ1) is 19.3. The summed E-state index contributed by atoms with van der Waals surface area (Å²) in [6, 6.07) is 10.6. The SMILES string of the molecule is O=C(O)COc1ccc(/C=C2/SC(=S)N(c3ccc(F)c(Cl)c3)C2=O)cc1. The van der Waals surface area contributed by atoms with Gasteiger partial charge in [0.2, 0.25) is 0 Å². The number of nitrogens with zero attached hydrogens (tertiary/aromatic N) is 1. The van der Waals surface area contributed by atoms with Crippen LogP contribution in [-0.2, 0) is 9.59 Å². The maximum Gasteiger partial charge on any atom is 0.341 e. The minimum absolute atomic E-state index is 0.0949. The second-order valence-corrected chi connectivity index (χ2v) is 7.45. The van der Waals surface area contributed by atoms with Crippen LogP contribution in [-0.4, -0.2) is 27.9 Å². The highest BCUT2D eigenvalue weighted by Gasteiger charge is 2.33. The summed E-state index contributed by atoms with van der Waals surface area (Å²) >= 11 is 12.2. The topological polar surface area (TPSA) is 66.8 Å². The van der Waals surface area contributed by atoms with E-state index in [4.69, 9.17) is 33.7 Å². The number of carbonyl (C=O) groups is 2. The minimum Gasteiger partial charge on any atom is -0.482 e. The average molecular weight is 424 g/mol. The number of aliphatic carboxylic acids is 1. The molecule has 1 aliphatic rings. The molecule has 0 aromatic heterocycles. The Hall–Kier alpha value is -2.42. The summed E-state index contributed by atoms with van der Waals surface area (Å²) in [7, 11) is 0. The molecule has 0 atom stereocenters. The van der Waals surface area contributed by atoms with Crippen molar-refractivity contribution < 1.29 is 23.8 Å². The standard InChI is InChI=1S/C18H11ClFNO4S2/c19-13-8-11(3-6-14(13)20)21-17(24)15(27-18(21)26)7-10-1-4-12(5-2-10)25-9-16(22)23/h1-8H,9H2,(H,22,23)/b15-7+. The van der Waals surface area contributed by atoms with Gasteiger partial charge in [0.25, 0.3) is 5.91 Å². The highest BCUT2D eigenvalue weighted by Crippen LogP contribution is 2.37. The zero-order valence-corrected chi connectivity index (χ0v) is 15.9. The molecule has 9 heteroatoms. The number of carbonyl (C=O) groups excluding carboxylic acids is 1. The van der Waals surface area contributed by atoms with E-state index in [0.717, 1.165) is 17.3 Å². The molecular weight excluding hydrogens is 413 g/mol. The van der Waals surface area contributed by atoms with Crippen molar-refractivity contribution in [3.63, 3.8) is 0 Å². The summed E-state index contributed by atoms with van der Waals surface area (Å²) in [6.07, 6.45) is 1.66. The van der Waals surface area contributed by atoms with E-state index in [1.807, 2.05) is 0 Å². The van der Waals surface area contributed by atoms with Crippen LogP contribution >= 0.6 is 35.6 Å². The van der Waals surface area contributed by atoms with Crippen LogP contribution in [0.5, 0.6) is 5.75 Å². The van der Waals surface area contributed by atoms with E-state index >= 15 is 0 Å². The van der Waals surface area contributed by atoms with Crippen LogP contribution in [0.4, 0.5) is 10.1 Å². The van der Waals surface area contributed by atoms with Gasteiger partial charge in [-0.05, 0) is 42.0 Å². The molecule has 0 radical (unpaired) electrons. The molecule has 27 heavy (non-hydrogen) atoms. The number of thioether (sulfide) groups is 1. The molecule has 1 heterocycles. The number of anilines is 1. The number of rotatable bonds is 5. The number of benzene rings is 2. The van der Waals surface area contributed by atoms with E-state index < -0.39 is 18.4 Å². The molecule has 2 aromatic rings. The predicted molar refractivity (Wildman–Crippen MR) is 107 cm³/mol. The summed E-state index contributed by atoms with van der Waals surface area (Å²) < 4.78 is 18.7. The number of carboxylic acid groups (broad SMARTS) is 1. The first-order valence-corrected chi connectivity index (χ1v) is 9.13. The normalized spacial score (nSPS) is 15.5. The van der Waals surface area contributed by atoms with E-state index in [2.05, 4.69) is 0 Å². The Morgan fingerprint density at radius 3 is 2.63 bits per heavy atom. The summed E-state index contributed by atoms with van der Waals surface area (Å²) in [5.74, 6) is -1.57. The van der Waals surface area contributed by atoms with Crippen LogP contribution in [0.25, 0.3) is 6.08 Å². The zero-order chi connectivity index (χ0) is 19.6. The number of halogens is 2. The molecule has 1 fully saturated rings. The predicted octanol–water partition coefficient (Wildman–Crippen LogP) is 4.35. The van der Waals surface area contributed by atoms with Crippen molar-refractivity contribution in [2.24, 2.45) is 0 Å². The van der Waals surface area contributed by atoms with Gasteiger partial charge in [-0.3, -0.25) is 9.69 Å². The molecule has 0 aliphatic carbocycles. The Morgan fingerprint density at radius 2 is 2.00 bits per heavy atom. The molecule has 0 spiro atoms. The van der Waals surface area contributed by atoms with Crippen molar-refractivity contribution in [2.75, 3.05) is 11.5 Å². The van der Waals surface area contributed by atoms with E-state index in [0.29, 0.717) is 20.7 Å². The minimum atomic E-state index is -1.07. The van der Waals surface area contributed by atoms with Crippen LogP contribution in [0.15, 0.2) is 47.4 Å². The van der Waals surface area contributed by atoms with Gasteiger partial charge in [0.15, 0.2) is 10.9 Å². The van der Waals surface area contributed by atoms with Crippen molar-refractivity contribution in [3.05, 3.63) is 63.8 Å². The van der Waals surface area contributed by atoms with Gasteiger partial charge in [-0.15, -0.1) is 0 Å². The first-order chi connectivity index (χ1) is 12.8. The van der Waals surface area contributed by atoms with Crippen LogP contribution in [0, 0.1) is 5.82 Å². The number of amides is 1. The van der Waals surface area contributed by atoms with Gasteiger partial charge < -0.3 is 9.84 Å². The van der Waals surface area contributed by atoms with Gasteiger partial charge in [-0.25, -0.2) is 9.18 Å². The van der Waals surface area contributed by atoms with E-state index in [1.165, 1.54) is 23.1 Å². The smallest absolute Gasteiger partial charge is 0.341 e. The van der Waals surface area contributed by atoms with Gasteiger partial charge >= 0.3 is 5.97 Å². The largest absolute Gasteiger partial charge is 0.482 e. The Labute approximate surface area is 168 Å². The molecule has 3 rings (SSSR count). The third-order valence-electron chi connectivity index (χ3n) is 3.50. The molecule has 0 saturated carbocycles. The Morgan fingerprint density at radius 1 is 1.30 bits per heavy atom. The fraction of sp³-hybridized carbons (Fsp3) is 0.0556. The molecule has 138 valence electrons. The van der Waals surface area contributed by atoms with Crippen molar-refractivity contribution in [2.45, 2.75) is 0 Å². The third-order valence-corrected chi connectivity index (χ3v) is 5.09. The first-order valence-electron chi connectivity index (χ1n) is 7.53. The van der Waals surface area contributed by atoms with Gasteiger partial charge in [-0.1, -0.05) is 47.7 Å². The molecule has 0 unspecified atom stereocenters. The Kier molecular flexibility index (Phi) is 5.79. The van der Waals surface area contributed by atoms with E-state index in [1.54, 1.807) is 30.3 Å². The molecule has 5 nitrogen and oxygen atoms in total.